The normalized spacial score (nSPS) is 10.8. The zero-order chi connectivity index (χ0) is 12.5. The lowest BCUT2D eigenvalue weighted by Gasteiger charge is -2.06. The van der Waals surface area contributed by atoms with E-state index in [0.717, 1.165) is 21.3 Å². The zero-order valence-corrected chi connectivity index (χ0v) is 11.5. The maximum Gasteiger partial charge on any atom is 0.0855 e. The molecule has 2 aromatic heterocycles. The first kappa shape index (κ1) is 11.8. The molecule has 0 saturated carbocycles. The van der Waals surface area contributed by atoms with Crippen LogP contribution in [-0.4, -0.2) is 9.78 Å². The fraction of sp³-hybridized carbons (Fsp3) is 0. The average Bonchev–Trinajstić information content (AvgIpc) is 2.98. The molecule has 3 rings (SSSR count). The van der Waals surface area contributed by atoms with Crippen LogP contribution in [0.4, 0.5) is 0 Å². The summed E-state index contributed by atoms with van der Waals surface area (Å²) >= 11 is 13.7. The highest BCUT2D eigenvalue weighted by atomic mass is 35.5. The number of aromatic nitrogens is 2. The molecular formula is C13H8Cl2N2S. The maximum atomic E-state index is 6.16. The molecule has 0 N–H and O–H groups in total. The molecule has 3 aromatic rings. The highest BCUT2D eigenvalue weighted by molar-refractivity contribution is 7.14. The first-order valence-corrected chi connectivity index (χ1v) is 6.92. The summed E-state index contributed by atoms with van der Waals surface area (Å²) < 4.78 is 1.86. The van der Waals surface area contributed by atoms with E-state index in [-0.39, 0.29) is 0 Å². The molecule has 0 aliphatic heterocycles. The van der Waals surface area contributed by atoms with Gasteiger partial charge in [-0.2, -0.15) is 5.10 Å². The van der Waals surface area contributed by atoms with Crippen LogP contribution in [0, 0.1) is 0 Å². The van der Waals surface area contributed by atoms with Crippen molar-refractivity contribution in [3.8, 4) is 16.3 Å². The van der Waals surface area contributed by atoms with Crippen molar-refractivity contribution in [2.45, 2.75) is 0 Å². The second-order valence-electron chi connectivity index (χ2n) is 3.70. The standard InChI is InChI=1S/C13H8Cl2N2S/c14-9-1-3-10(4-2-9)17-12(5-7-16-17)13-11(15)6-8-18-13/h1-8H. The summed E-state index contributed by atoms with van der Waals surface area (Å²) in [5.41, 5.74) is 1.95. The van der Waals surface area contributed by atoms with Crippen LogP contribution >= 0.6 is 34.5 Å². The van der Waals surface area contributed by atoms with Gasteiger partial charge in [-0.25, -0.2) is 4.68 Å². The van der Waals surface area contributed by atoms with Crippen LogP contribution in [-0.2, 0) is 0 Å². The van der Waals surface area contributed by atoms with Crippen molar-refractivity contribution in [2.24, 2.45) is 0 Å². The van der Waals surface area contributed by atoms with Crippen molar-refractivity contribution in [2.75, 3.05) is 0 Å². The summed E-state index contributed by atoms with van der Waals surface area (Å²) in [7, 11) is 0. The number of hydrogen-bond donors (Lipinski definition) is 0. The molecule has 0 spiro atoms. The molecule has 0 fully saturated rings. The van der Waals surface area contributed by atoms with Crippen LogP contribution in [0.1, 0.15) is 0 Å². The zero-order valence-electron chi connectivity index (χ0n) is 9.18. The van der Waals surface area contributed by atoms with Crippen molar-refractivity contribution in [1.82, 2.24) is 9.78 Å². The quantitative estimate of drug-likeness (QED) is 0.657. The van der Waals surface area contributed by atoms with Crippen molar-refractivity contribution >= 4 is 34.5 Å². The summed E-state index contributed by atoms with van der Waals surface area (Å²) in [4.78, 5) is 1.02. The predicted molar refractivity (Wildman–Crippen MR) is 76.9 cm³/mol. The Kier molecular flexibility index (Phi) is 3.12. The molecule has 5 heteroatoms. The van der Waals surface area contributed by atoms with Gasteiger partial charge in [-0.3, -0.25) is 0 Å². The highest BCUT2D eigenvalue weighted by Gasteiger charge is 2.11. The molecule has 0 unspecified atom stereocenters. The Morgan fingerprint density at radius 2 is 1.78 bits per heavy atom. The van der Waals surface area contributed by atoms with E-state index < -0.39 is 0 Å². The number of benzene rings is 1. The van der Waals surface area contributed by atoms with Crippen LogP contribution < -0.4 is 0 Å². The lowest BCUT2D eigenvalue weighted by Crippen LogP contribution is -1.97. The molecule has 2 heterocycles. The van der Waals surface area contributed by atoms with Gasteiger partial charge < -0.3 is 0 Å². The second-order valence-corrected chi connectivity index (χ2v) is 5.46. The van der Waals surface area contributed by atoms with E-state index in [1.165, 1.54) is 0 Å². The van der Waals surface area contributed by atoms with Gasteiger partial charge in [0.2, 0.25) is 0 Å². The lowest BCUT2D eigenvalue weighted by molar-refractivity contribution is 0.890. The number of hydrogen-bond acceptors (Lipinski definition) is 2. The Labute approximate surface area is 118 Å². The van der Waals surface area contributed by atoms with E-state index in [9.17, 15) is 0 Å². The highest BCUT2D eigenvalue weighted by Crippen LogP contribution is 2.34. The first-order chi connectivity index (χ1) is 8.75. The molecular weight excluding hydrogens is 287 g/mol. The van der Waals surface area contributed by atoms with Gasteiger partial charge in [0.15, 0.2) is 0 Å². The predicted octanol–water partition coefficient (Wildman–Crippen LogP) is 4.91. The smallest absolute Gasteiger partial charge is 0.0855 e. The van der Waals surface area contributed by atoms with Gasteiger partial charge in [-0.15, -0.1) is 11.3 Å². The summed E-state index contributed by atoms with van der Waals surface area (Å²) in [6.07, 6.45) is 1.76. The Bertz CT molecular complexity index is 670. The number of nitrogens with zero attached hydrogens (tertiary/aromatic N) is 2. The van der Waals surface area contributed by atoms with E-state index in [1.54, 1.807) is 17.5 Å². The van der Waals surface area contributed by atoms with Gasteiger partial charge in [-0.1, -0.05) is 23.2 Å². The van der Waals surface area contributed by atoms with Crippen LogP contribution in [0.2, 0.25) is 10.0 Å². The van der Waals surface area contributed by atoms with E-state index >= 15 is 0 Å². The van der Waals surface area contributed by atoms with Crippen LogP contribution in [0.25, 0.3) is 16.3 Å². The van der Waals surface area contributed by atoms with Crippen molar-refractivity contribution < 1.29 is 0 Å². The van der Waals surface area contributed by atoms with E-state index in [1.807, 2.05) is 46.5 Å². The van der Waals surface area contributed by atoms with Crippen LogP contribution in [0.3, 0.4) is 0 Å². The van der Waals surface area contributed by atoms with E-state index in [0.29, 0.717) is 5.02 Å². The summed E-state index contributed by atoms with van der Waals surface area (Å²) in [5, 5.41) is 7.76. The molecule has 18 heavy (non-hydrogen) atoms. The number of halogens is 2. The molecule has 0 bridgehead atoms. The van der Waals surface area contributed by atoms with Gasteiger partial charge >= 0.3 is 0 Å². The van der Waals surface area contributed by atoms with Crippen molar-refractivity contribution in [3.63, 3.8) is 0 Å². The SMILES string of the molecule is Clc1ccc(-n2nccc2-c2sccc2Cl)cc1. The molecule has 0 amide bonds. The van der Waals surface area contributed by atoms with Gasteiger partial charge in [-0.05, 0) is 41.8 Å². The minimum atomic E-state index is 0.710. The topological polar surface area (TPSA) is 17.8 Å². The molecule has 0 aliphatic rings. The third-order valence-corrected chi connectivity index (χ3v) is 4.18. The largest absolute Gasteiger partial charge is 0.232 e. The molecule has 0 atom stereocenters. The number of rotatable bonds is 2. The van der Waals surface area contributed by atoms with Gasteiger partial charge in [0.1, 0.15) is 0 Å². The minimum absolute atomic E-state index is 0.710. The molecule has 1 aromatic carbocycles. The average molecular weight is 295 g/mol. The third kappa shape index (κ3) is 2.05. The maximum absolute atomic E-state index is 6.16. The fourth-order valence-electron chi connectivity index (χ4n) is 1.74. The van der Waals surface area contributed by atoms with Crippen LogP contribution in [0.15, 0.2) is 48.0 Å². The summed E-state index contributed by atoms with van der Waals surface area (Å²) in [5.74, 6) is 0. The monoisotopic (exact) mass is 294 g/mol. The molecule has 2 nitrogen and oxygen atoms in total. The molecule has 0 aliphatic carbocycles. The Morgan fingerprint density at radius 1 is 1.00 bits per heavy atom. The second kappa shape index (κ2) is 4.76. The Morgan fingerprint density at radius 3 is 2.44 bits per heavy atom. The Hall–Kier alpha value is -1.29. The van der Waals surface area contributed by atoms with Gasteiger partial charge in [0, 0.05) is 5.02 Å². The third-order valence-electron chi connectivity index (χ3n) is 2.56. The lowest BCUT2D eigenvalue weighted by atomic mass is 10.3. The van der Waals surface area contributed by atoms with Gasteiger partial charge in [0.25, 0.3) is 0 Å². The molecule has 90 valence electrons. The van der Waals surface area contributed by atoms with E-state index in [2.05, 4.69) is 5.10 Å². The van der Waals surface area contributed by atoms with E-state index in [4.69, 9.17) is 23.2 Å². The summed E-state index contributed by atoms with van der Waals surface area (Å²) in [6, 6.07) is 11.4. The van der Waals surface area contributed by atoms with Gasteiger partial charge in [0.05, 0.1) is 27.5 Å². The molecule has 0 radical (unpaired) electrons. The minimum Gasteiger partial charge on any atom is -0.232 e. The first-order valence-electron chi connectivity index (χ1n) is 5.29. The number of thiophene rings is 1. The fourth-order valence-corrected chi connectivity index (χ4v) is 3.03. The molecule has 0 saturated heterocycles. The summed E-state index contributed by atoms with van der Waals surface area (Å²) in [6.45, 7) is 0. The van der Waals surface area contributed by atoms with Crippen molar-refractivity contribution in [1.29, 1.82) is 0 Å². The van der Waals surface area contributed by atoms with Crippen LogP contribution in [0.5, 0.6) is 0 Å². The van der Waals surface area contributed by atoms with Crippen molar-refractivity contribution in [3.05, 3.63) is 58.0 Å². The Balaban J connectivity index is 2.12.